The van der Waals surface area contributed by atoms with E-state index in [9.17, 15) is 26.7 Å². The molecule has 5 nitrogen and oxygen atoms in total. The number of hydrogen-bond acceptors (Lipinski definition) is 4. The van der Waals surface area contributed by atoms with Crippen LogP contribution in [0.3, 0.4) is 0 Å². The van der Waals surface area contributed by atoms with E-state index in [2.05, 4.69) is 0 Å². The zero-order valence-corrected chi connectivity index (χ0v) is 13.8. The van der Waals surface area contributed by atoms with Crippen LogP contribution in [-0.2, 0) is 16.2 Å². The third-order valence-electron chi connectivity index (χ3n) is 5.79. The minimum absolute atomic E-state index is 0.0744. The first-order valence-corrected chi connectivity index (χ1v) is 9.46. The van der Waals surface area contributed by atoms with Crippen LogP contribution in [0.1, 0.15) is 24.0 Å². The fourth-order valence-electron chi connectivity index (χ4n) is 4.83. The maximum Gasteiger partial charge on any atom is 0.417 e. The molecule has 0 radical (unpaired) electrons. The molecule has 3 aliphatic rings. The lowest BCUT2D eigenvalue weighted by molar-refractivity contribution is -0.137. The maximum absolute atomic E-state index is 13.2. The van der Waals surface area contributed by atoms with Gasteiger partial charge < -0.3 is 5.11 Å². The summed E-state index contributed by atoms with van der Waals surface area (Å²) in [6.45, 7) is 0.0778. The van der Waals surface area contributed by atoms with Crippen LogP contribution in [0.4, 0.5) is 18.9 Å². The van der Waals surface area contributed by atoms with Crippen LogP contribution in [0, 0.1) is 29.1 Å². The Kier molecular flexibility index (Phi) is 3.41. The summed E-state index contributed by atoms with van der Waals surface area (Å²) in [5, 5.41) is 18.3. The summed E-state index contributed by atoms with van der Waals surface area (Å²) in [4.78, 5) is 0. The molecular formula is C16H15F3N2O3S. The first-order valence-electron chi connectivity index (χ1n) is 7.95. The zero-order valence-electron chi connectivity index (χ0n) is 12.9. The van der Waals surface area contributed by atoms with Gasteiger partial charge in [0.2, 0.25) is 10.0 Å². The minimum atomic E-state index is -4.74. The number of benzene rings is 1. The van der Waals surface area contributed by atoms with Gasteiger partial charge in [-0.15, -0.1) is 0 Å². The summed E-state index contributed by atoms with van der Waals surface area (Å²) in [5.74, 6) is -0.514. The standard InChI is InChI=1S/C16H15F3N2O3S/c17-16(18,19)13-5-10(2-1-8(13)6-20)21-7-12-11-3-9(4-14(11)22)15(12)25(21,23)24/h1-2,5,9,11-12,14-15,22H,3-4,7H2/t9-,11-,12-,14+,15+/m0/s1. The number of fused-ring (bicyclic) bond motifs is 5. The zero-order chi connectivity index (χ0) is 18.1. The lowest BCUT2D eigenvalue weighted by Crippen LogP contribution is -2.36. The number of aliphatic hydroxyl groups excluding tert-OH is 1. The van der Waals surface area contributed by atoms with E-state index in [1.54, 1.807) is 0 Å². The molecule has 1 heterocycles. The van der Waals surface area contributed by atoms with Crippen molar-refractivity contribution in [2.75, 3.05) is 10.8 Å². The number of halogens is 3. The second kappa shape index (κ2) is 5.11. The normalized spacial score (nSPS) is 35.6. The number of sulfonamides is 1. The van der Waals surface area contributed by atoms with E-state index >= 15 is 0 Å². The molecule has 9 heteroatoms. The van der Waals surface area contributed by atoms with Gasteiger partial charge in [0.25, 0.3) is 0 Å². The molecule has 25 heavy (non-hydrogen) atoms. The Labute approximate surface area is 142 Å². The average Bonchev–Trinajstić information content (AvgIpc) is 3.15. The smallest absolute Gasteiger partial charge is 0.393 e. The van der Waals surface area contributed by atoms with E-state index in [4.69, 9.17) is 5.26 Å². The molecule has 1 aliphatic heterocycles. The SMILES string of the molecule is N#Cc1ccc(N2C[C@H]3[C@@H]4C[C@@H](C[C@H]4O)[C@H]3S2(=O)=O)cc1C(F)(F)F. The van der Waals surface area contributed by atoms with Crippen LogP contribution in [0.25, 0.3) is 0 Å². The maximum atomic E-state index is 13.2. The van der Waals surface area contributed by atoms with Crippen molar-refractivity contribution in [2.24, 2.45) is 17.8 Å². The van der Waals surface area contributed by atoms with Crippen molar-refractivity contribution in [3.05, 3.63) is 29.3 Å². The van der Waals surface area contributed by atoms with Gasteiger partial charge in [0.15, 0.2) is 0 Å². The lowest BCUT2D eigenvalue weighted by Gasteiger charge is -2.25. The number of aliphatic hydroxyl groups is 1. The molecule has 2 bridgehead atoms. The fourth-order valence-corrected chi connectivity index (χ4v) is 7.35. The van der Waals surface area contributed by atoms with Crippen molar-refractivity contribution >= 4 is 15.7 Å². The molecule has 0 aromatic heterocycles. The number of rotatable bonds is 1. The molecule has 0 amide bonds. The molecule has 2 aliphatic carbocycles. The topological polar surface area (TPSA) is 81.4 Å². The first-order chi connectivity index (χ1) is 11.6. The second-order valence-electron chi connectivity index (χ2n) is 7.01. The highest BCUT2D eigenvalue weighted by Crippen LogP contribution is 2.56. The van der Waals surface area contributed by atoms with E-state index < -0.39 is 38.7 Å². The van der Waals surface area contributed by atoms with Crippen LogP contribution in [-0.4, -0.2) is 31.4 Å². The Morgan fingerprint density at radius 2 is 1.96 bits per heavy atom. The van der Waals surface area contributed by atoms with Gasteiger partial charge in [0.05, 0.1) is 34.2 Å². The van der Waals surface area contributed by atoms with Gasteiger partial charge in [-0.2, -0.15) is 18.4 Å². The summed E-state index contributed by atoms with van der Waals surface area (Å²) >= 11 is 0. The highest BCUT2D eigenvalue weighted by molar-refractivity contribution is 7.93. The summed E-state index contributed by atoms with van der Waals surface area (Å²) < 4.78 is 66.3. The van der Waals surface area contributed by atoms with Crippen LogP contribution >= 0.6 is 0 Å². The molecule has 3 fully saturated rings. The van der Waals surface area contributed by atoms with E-state index in [-0.39, 0.29) is 30.0 Å². The number of alkyl halides is 3. The van der Waals surface area contributed by atoms with Crippen molar-refractivity contribution in [3.8, 4) is 6.07 Å². The molecular weight excluding hydrogens is 357 g/mol. The molecule has 1 aromatic carbocycles. The quantitative estimate of drug-likeness (QED) is 0.819. The van der Waals surface area contributed by atoms with Crippen molar-refractivity contribution in [2.45, 2.75) is 30.4 Å². The summed E-state index contributed by atoms with van der Waals surface area (Å²) in [6, 6.07) is 4.47. The molecule has 134 valence electrons. The third-order valence-corrected chi connectivity index (χ3v) is 8.19. The van der Waals surface area contributed by atoms with Crippen molar-refractivity contribution in [1.82, 2.24) is 0 Å². The molecule has 1 N–H and O–H groups in total. The second-order valence-corrected chi connectivity index (χ2v) is 9.02. The Hall–Kier alpha value is -1.79. The minimum Gasteiger partial charge on any atom is -0.393 e. The van der Waals surface area contributed by atoms with E-state index in [0.29, 0.717) is 12.8 Å². The molecule has 0 unspecified atom stereocenters. The van der Waals surface area contributed by atoms with E-state index in [1.165, 1.54) is 12.1 Å². The van der Waals surface area contributed by atoms with Crippen molar-refractivity contribution < 1.29 is 26.7 Å². The highest BCUT2D eigenvalue weighted by atomic mass is 32.2. The number of hydrogen-bond donors (Lipinski definition) is 1. The molecule has 5 atom stereocenters. The molecule has 2 saturated carbocycles. The van der Waals surface area contributed by atoms with Gasteiger partial charge in [-0.1, -0.05) is 0 Å². The van der Waals surface area contributed by atoms with E-state index in [1.807, 2.05) is 0 Å². The molecule has 0 spiro atoms. The Bertz CT molecular complexity index is 878. The fraction of sp³-hybridized carbons (Fsp3) is 0.562. The number of anilines is 1. The van der Waals surface area contributed by atoms with Crippen LogP contribution in [0.5, 0.6) is 0 Å². The van der Waals surface area contributed by atoms with Gasteiger partial charge in [0.1, 0.15) is 0 Å². The van der Waals surface area contributed by atoms with Gasteiger partial charge in [-0.3, -0.25) is 4.31 Å². The van der Waals surface area contributed by atoms with Crippen LogP contribution in [0.2, 0.25) is 0 Å². The monoisotopic (exact) mass is 372 g/mol. The van der Waals surface area contributed by atoms with E-state index in [0.717, 1.165) is 16.4 Å². The average molecular weight is 372 g/mol. The lowest BCUT2D eigenvalue weighted by atomic mass is 9.86. The Morgan fingerprint density at radius 1 is 1.24 bits per heavy atom. The Morgan fingerprint density at radius 3 is 2.60 bits per heavy atom. The first kappa shape index (κ1) is 16.7. The third kappa shape index (κ3) is 2.27. The van der Waals surface area contributed by atoms with Gasteiger partial charge in [0, 0.05) is 12.5 Å². The van der Waals surface area contributed by atoms with Gasteiger partial charge in [-0.05, 0) is 42.9 Å². The Balaban J connectivity index is 1.76. The summed E-state index contributed by atoms with van der Waals surface area (Å²) in [7, 11) is -3.78. The number of nitriles is 1. The molecule has 1 saturated heterocycles. The predicted octanol–water partition coefficient (Wildman–Crippen LogP) is 2.11. The molecule has 4 rings (SSSR count). The largest absolute Gasteiger partial charge is 0.417 e. The number of nitrogens with zero attached hydrogens (tertiary/aromatic N) is 2. The summed E-state index contributed by atoms with van der Waals surface area (Å²) in [5.41, 5.74) is -1.75. The van der Waals surface area contributed by atoms with Crippen molar-refractivity contribution in [3.63, 3.8) is 0 Å². The molecule has 1 aromatic rings. The summed E-state index contributed by atoms with van der Waals surface area (Å²) in [6.07, 6.45) is -4.19. The highest BCUT2D eigenvalue weighted by Gasteiger charge is 2.62. The van der Waals surface area contributed by atoms with Crippen LogP contribution in [0.15, 0.2) is 18.2 Å². The van der Waals surface area contributed by atoms with Crippen molar-refractivity contribution in [1.29, 1.82) is 5.26 Å². The van der Waals surface area contributed by atoms with Gasteiger partial charge >= 0.3 is 6.18 Å². The predicted molar refractivity (Wildman–Crippen MR) is 81.9 cm³/mol. The van der Waals surface area contributed by atoms with Gasteiger partial charge in [-0.25, -0.2) is 8.42 Å². The van der Waals surface area contributed by atoms with Crippen LogP contribution < -0.4 is 4.31 Å².